The van der Waals surface area contributed by atoms with Crippen LogP contribution in [0, 0.1) is 0 Å². The standard InChI is InChI=1S/C14H21N3O3S.ClH/c1-21(19,20)17-13-7-3-2-6-12(13)16-14(18)9-8-11-5-4-10-15-11;/h2-3,6-7,11,15,17H,4-5,8-10H2,1H3,(H,16,18);1H. The van der Waals surface area contributed by atoms with Gasteiger partial charge in [0.15, 0.2) is 0 Å². The molecule has 6 nitrogen and oxygen atoms in total. The molecule has 0 radical (unpaired) electrons. The summed E-state index contributed by atoms with van der Waals surface area (Å²) in [6.45, 7) is 1.02. The predicted octanol–water partition coefficient (Wildman–Crippen LogP) is 1.95. The van der Waals surface area contributed by atoms with Crippen LogP contribution < -0.4 is 15.4 Å². The van der Waals surface area contributed by atoms with Crippen LogP contribution in [-0.2, 0) is 14.8 Å². The number of benzene rings is 1. The maximum Gasteiger partial charge on any atom is 0.229 e. The minimum absolute atomic E-state index is 0. The molecule has 0 saturated carbocycles. The highest BCUT2D eigenvalue weighted by Crippen LogP contribution is 2.22. The summed E-state index contributed by atoms with van der Waals surface area (Å²) in [5.41, 5.74) is 0.861. The molecule has 124 valence electrons. The first kappa shape index (κ1) is 18.7. The van der Waals surface area contributed by atoms with Crippen molar-refractivity contribution in [1.29, 1.82) is 0 Å². The fraction of sp³-hybridized carbons (Fsp3) is 0.500. The number of para-hydroxylation sites is 2. The van der Waals surface area contributed by atoms with Crippen molar-refractivity contribution in [2.24, 2.45) is 0 Å². The topological polar surface area (TPSA) is 87.3 Å². The molecule has 8 heteroatoms. The van der Waals surface area contributed by atoms with E-state index < -0.39 is 10.0 Å². The Labute approximate surface area is 137 Å². The molecule has 0 spiro atoms. The predicted molar refractivity (Wildman–Crippen MR) is 91.0 cm³/mol. The van der Waals surface area contributed by atoms with Gasteiger partial charge in [-0.05, 0) is 37.9 Å². The van der Waals surface area contributed by atoms with Crippen molar-refractivity contribution in [3.63, 3.8) is 0 Å². The average Bonchev–Trinajstić information content (AvgIpc) is 2.90. The SMILES string of the molecule is CS(=O)(=O)Nc1ccccc1NC(=O)CCC1CCCN1.Cl. The second kappa shape index (κ2) is 8.36. The molecule has 1 unspecified atom stereocenters. The monoisotopic (exact) mass is 347 g/mol. The maximum atomic E-state index is 12.0. The Hall–Kier alpha value is -1.31. The summed E-state index contributed by atoms with van der Waals surface area (Å²) in [7, 11) is -3.37. The second-order valence-electron chi connectivity index (χ2n) is 5.30. The number of hydrogen-bond donors (Lipinski definition) is 3. The summed E-state index contributed by atoms with van der Waals surface area (Å²) in [6, 6.07) is 7.18. The normalized spacial score (nSPS) is 17.6. The molecule has 1 heterocycles. The van der Waals surface area contributed by atoms with Crippen LogP contribution >= 0.6 is 12.4 Å². The van der Waals surface area contributed by atoms with E-state index in [1.165, 1.54) is 0 Å². The summed E-state index contributed by atoms with van der Waals surface area (Å²) in [5.74, 6) is -0.105. The zero-order chi connectivity index (χ0) is 15.3. The van der Waals surface area contributed by atoms with Gasteiger partial charge in [-0.2, -0.15) is 0 Å². The summed E-state index contributed by atoms with van der Waals surface area (Å²) >= 11 is 0. The van der Waals surface area contributed by atoms with Crippen molar-refractivity contribution < 1.29 is 13.2 Å². The number of anilines is 2. The zero-order valence-corrected chi connectivity index (χ0v) is 14.1. The molecule has 0 aliphatic carbocycles. The zero-order valence-electron chi connectivity index (χ0n) is 12.5. The van der Waals surface area contributed by atoms with Gasteiger partial charge >= 0.3 is 0 Å². The molecule has 1 aromatic rings. The number of amides is 1. The number of rotatable bonds is 6. The van der Waals surface area contributed by atoms with Crippen molar-refractivity contribution >= 4 is 39.7 Å². The number of carbonyl (C=O) groups is 1. The Balaban J connectivity index is 0.00000242. The molecule has 22 heavy (non-hydrogen) atoms. The Morgan fingerprint density at radius 3 is 2.59 bits per heavy atom. The lowest BCUT2D eigenvalue weighted by Gasteiger charge is -2.13. The van der Waals surface area contributed by atoms with E-state index in [1.54, 1.807) is 24.3 Å². The number of hydrogen-bond acceptors (Lipinski definition) is 4. The largest absolute Gasteiger partial charge is 0.324 e. The highest BCUT2D eigenvalue weighted by atomic mass is 35.5. The molecule has 2 rings (SSSR count). The first-order chi connectivity index (χ1) is 9.94. The minimum Gasteiger partial charge on any atom is -0.324 e. The van der Waals surface area contributed by atoms with Gasteiger partial charge in [0.25, 0.3) is 0 Å². The van der Waals surface area contributed by atoms with Crippen LogP contribution in [-0.4, -0.2) is 33.2 Å². The van der Waals surface area contributed by atoms with Gasteiger partial charge in [-0.15, -0.1) is 12.4 Å². The van der Waals surface area contributed by atoms with E-state index in [0.717, 1.165) is 32.1 Å². The minimum atomic E-state index is -3.37. The molecule has 3 N–H and O–H groups in total. The van der Waals surface area contributed by atoms with Crippen molar-refractivity contribution in [2.75, 3.05) is 22.8 Å². The fourth-order valence-corrected chi connectivity index (χ4v) is 2.98. The van der Waals surface area contributed by atoms with Crippen LogP contribution in [0.15, 0.2) is 24.3 Å². The Bertz CT molecular complexity index is 601. The highest BCUT2D eigenvalue weighted by molar-refractivity contribution is 7.92. The quantitative estimate of drug-likeness (QED) is 0.734. The molecular formula is C14H22ClN3O3S. The number of halogens is 1. The first-order valence-electron chi connectivity index (χ1n) is 7.04. The molecular weight excluding hydrogens is 326 g/mol. The van der Waals surface area contributed by atoms with Crippen LogP contribution in [0.1, 0.15) is 25.7 Å². The molecule has 1 aliphatic rings. The Morgan fingerprint density at radius 1 is 1.32 bits per heavy atom. The van der Waals surface area contributed by atoms with Gasteiger partial charge in [0.1, 0.15) is 0 Å². The summed E-state index contributed by atoms with van der Waals surface area (Å²) in [6.07, 6.45) is 4.57. The summed E-state index contributed by atoms with van der Waals surface area (Å²) in [5, 5.41) is 6.11. The smallest absolute Gasteiger partial charge is 0.229 e. The number of carbonyl (C=O) groups excluding carboxylic acids is 1. The third-order valence-corrected chi connectivity index (χ3v) is 3.97. The van der Waals surface area contributed by atoms with Gasteiger partial charge in [-0.25, -0.2) is 8.42 Å². The number of nitrogens with one attached hydrogen (secondary N) is 3. The molecule has 1 amide bonds. The van der Waals surface area contributed by atoms with Crippen molar-refractivity contribution in [1.82, 2.24) is 5.32 Å². The fourth-order valence-electron chi connectivity index (χ4n) is 2.40. The van der Waals surface area contributed by atoms with E-state index in [2.05, 4.69) is 15.4 Å². The third kappa shape index (κ3) is 6.21. The van der Waals surface area contributed by atoms with Gasteiger partial charge in [-0.1, -0.05) is 12.1 Å². The average molecular weight is 348 g/mol. The molecule has 1 aromatic carbocycles. The van der Waals surface area contributed by atoms with Crippen LogP contribution in [0.5, 0.6) is 0 Å². The molecule has 1 saturated heterocycles. The second-order valence-corrected chi connectivity index (χ2v) is 7.05. The van der Waals surface area contributed by atoms with Gasteiger partial charge < -0.3 is 10.6 Å². The van der Waals surface area contributed by atoms with Crippen LogP contribution in [0.4, 0.5) is 11.4 Å². The van der Waals surface area contributed by atoms with Gasteiger partial charge in [0.2, 0.25) is 15.9 Å². The van der Waals surface area contributed by atoms with E-state index in [0.29, 0.717) is 23.8 Å². The molecule has 1 fully saturated rings. The number of sulfonamides is 1. The lowest BCUT2D eigenvalue weighted by atomic mass is 10.1. The van der Waals surface area contributed by atoms with Crippen LogP contribution in [0.2, 0.25) is 0 Å². The lowest BCUT2D eigenvalue weighted by molar-refractivity contribution is -0.116. The molecule has 1 aliphatic heterocycles. The van der Waals surface area contributed by atoms with E-state index >= 15 is 0 Å². The van der Waals surface area contributed by atoms with E-state index in [9.17, 15) is 13.2 Å². The molecule has 0 aromatic heterocycles. The van der Waals surface area contributed by atoms with E-state index in [-0.39, 0.29) is 18.3 Å². The highest BCUT2D eigenvalue weighted by Gasteiger charge is 2.16. The van der Waals surface area contributed by atoms with Crippen molar-refractivity contribution in [2.45, 2.75) is 31.7 Å². The van der Waals surface area contributed by atoms with Crippen LogP contribution in [0.3, 0.4) is 0 Å². The van der Waals surface area contributed by atoms with Crippen molar-refractivity contribution in [3.05, 3.63) is 24.3 Å². The lowest BCUT2D eigenvalue weighted by Crippen LogP contribution is -2.23. The van der Waals surface area contributed by atoms with E-state index in [1.807, 2.05) is 0 Å². The van der Waals surface area contributed by atoms with Gasteiger partial charge in [0.05, 0.1) is 17.6 Å². The molecule has 1 atom stereocenters. The Kier molecular flexibility index (Phi) is 7.12. The Morgan fingerprint density at radius 2 is 2.00 bits per heavy atom. The van der Waals surface area contributed by atoms with Crippen LogP contribution in [0.25, 0.3) is 0 Å². The summed E-state index contributed by atoms with van der Waals surface area (Å²) in [4.78, 5) is 12.0. The molecule has 0 bridgehead atoms. The van der Waals surface area contributed by atoms with Gasteiger partial charge in [-0.3, -0.25) is 9.52 Å². The van der Waals surface area contributed by atoms with Crippen molar-refractivity contribution in [3.8, 4) is 0 Å². The maximum absolute atomic E-state index is 12.0. The first-order valence-corrected chi connectivity index (χ1v) is 8.93. The third-order valence-electron chi connectivity index (χ3n) is 3.38. The summed E-state index contributed by atoms with van der Waals surface area (Å²) < 4.78 is 25.0. The van der Waals surface area contributed by atoms with E-state index in [4.69, 9.17) is 0 Å². The van der Waals surface area contributed by atoms with Gasteiger partial charge in [0, 0.05) is 12.5 Å².